The molecule has 36 heavy (non-hydrogen) atoms. The van der Waals surface area contributed by atoms with Gasteiger partial charge in [0, 0.05) is 32.1 Å². The topological polar surface area (TPSA) is 100 Å². The third-order valence-electron chi connectivity index (χ3n) is 7.81. The van der Waals surface area contributed by atoms with Crippen molar-refractivity contribution in [2.75, 3.05) is 32.8 Å². The highest BCUT2D eigenvalue weighted by Crippen LogP contribution is 2.33. The predicted octanol–water partition coefficient (Wildman–Crippen LogP) is 1.98. The summed E-state index contributed by atoms with van der Waals surface area (Å²) in [5.74, 6) is -0.357. The molecule has 2 saturated heterocycles. The number of hydrogen-bond acceptors (Lipinski definition) is 7. The maximum Gasteiger partial charge on any atom is 0.226 e. The molecule has 3 aliphatic rings. The Morgan fingerprint density at radius 1 is 1.17 bits per heavy atom. The van der Waals surface area contributed by atoms with Gasteiger partial charge in [0.05, 0.1) is 30.0 Å². The van der Waals surface area contributed by atoms with Crippen LogP contribution in [-0.2, 0) is 22.4 Å². The molecule has 3 atom stereocenters. The fourth-order valence-corrected chi connectivity index (χ4v) is 5.81. The summed E-state index contributed by atoms with van der Waals surface area (Å²) in [4.78, 5) is 17.8. The van der Waals surface area contributed by atoms with Crippen LogP contribution in [0.3, 0.4) is 0 Å². The summed E-state index contributed by atoms with van der Waals surface area (Å²) in [6.45, 7) is 5.02. The van der Waals surface area contributed by atoms with Crippen molar-refractivity contribution in [1.82, 2.24) is 30.0 Å². The molecule has 1 aliphatic carbocycles. The number of carbonyl (C=O) groups excluding carboxylic acids is 1. The summed E-state index contributed by atoms with van der Waals surface area (Å²) >= 11 is 0. The normalized spacial score (nSPS) is 23.7. The second-order valence-corrected chi connectivity index (χ2v) is 9.82. The average Bonchev–Trinajstić information content (AvgIpc) is 3.58. The van der Waals surface area contributed by atoms with Crippen LogP contribution in [0, 0.1) is 30.0 Å². The summed E-state index contributed by atoms with van der Waals surface area (Å²) in [5, 5.41) is 20.7. The van der Waals surface area contributed by atoms with Gasteiger partial charge in [-0.2, -0.15) is 5.26 Å². The second kappa shape index (κ2) is 9.08. The average molecular weight is 488 g/mol. The minimum atomic E-state index is -0.500. The van der Waals surface area contributed by atoms with Crippen LogP contribution in [0.1, 0.15) is 33.9 Å². The van der Waals surface area contributed by atoms with Crippen molar-refractivity contribution in [3.8, 4) is 11.8 Å². The minimum Gasteiger partial charge on any atom is -0.370 e. The number of nitrogens with zero attached hydrogens (tertiary/aromatic N) is 7. The number of hydrogen-bond donors (Lipinski definition) is 0. The number of piperazine rings is 1. The molecule has 10 heteroatoms. The maximum absolute atomic E-state index is 14.0. The second-order valence-electron chi connectivity index (χ2n) is 9.82. The molecule has 3 heterocycles. The fourth-order valence-electron chi connectivity index (χ4n) is 5.81. The van der Waals surface area contributed by atoms with E-state index in [-0.39, 0.29) is 29.5 Å². The van der Waals surface area contributed by atoms with Crippen molar-refractivity contribution in [1.29, 1.82) is 5.26 Å². The summed E-state index contributed by atoms with van der Waals surface area (Å²) in [6.07, 6.45) is 2.82. The Kier molecular flexibility index (Phi) is 5.74. The lowest BCUT2D eigenvalue weighted by molar-refractivity contribution is -0.143. The van der Waals surface area contributed by atoms with Crippen LogP contribution in [0.15, 0.2) is 36.7 Å². The zero-order valence-corrected chi connectivity index (χ0v) is 20.0. The van der Waals surface area contributed by atoms with E-state index in [1.807, 2.05) is 17.0 Å². The smallest absolute Gasteiger partial charge is 0.226 e. The molecule has 0 saturated carbocycles. The van der Waals surface area contributed by atoms with Crippen LogP contribution in [0.4, 0.5) is 4.39 Å². The molecule has 9 nitrogen and oxygen atoms in total. The molecule has 2 fully saturated rings. The number of morpholine rings is 1. The van der Waals surface area contributed by atoms with Gasteiger partial charge < -0.3 is 9.64 Å². The molecular formula is C26H26FN7O2. The van der Waals surface area contributed by atoms with Gasteiger partial charge in [0.2, 0.25) is 5.91 Å². The molecule has 2 aromatic carbocycles. The van der Waals surface area contributed by atoms with Gasteiger partial charge in [0.25, 0.3) is 0 Å². The third kappa shape index (κ3) is 3.94. The zero-order chi connectivity index (χ0) is 24.8. The quantitative estimate of drug-likeness (QED) is 0.557. The Hall–Kier alpha value is -3.68. The van der Waals surface area contributed by atoms with Gasteiger partial charge in [-0.1, -0.05) is 12.1 Å². The Labute approximate surface area is 208 Å². The molecule has 3 unspecified atom stereocenters. The SMILES string of the molecule is Cc1c(C2CN3CCN(C(=O)C4Cc5ccc(-n6cnnn6)cc5C4)CC3CO2)ccc(F)c1C#N. The number of halogens is 1. The summed E-state index contributed by atoms with van der Waals surface area (Å²) in [6, 6.07) is 11.3. The molecule has 0 N–H and O–H groups in total. The number of fused-ring (bicyclic) bond motifs is 2. The molecule has 0 radical (unpaired) electrons. The number of rotatable bonds is 3. The lowest BCUT2D eigenvalue weighted by atomic mass is 9.96. The van der Waals surface area contributed by atoms with Gasteiger partial charge in [0.1, 0.15) is 18.2 Å². The maximum atomic E-state index is 14.0. The van der Waals surface area contributed by atoms with Gasteiger partial charge in [-0.25, -0.2) is 9.07 Å². The van der Waals surface area contributed by atoms with Crippen molar-refractivity contribution in [3.63, 3.8) is 0 Å². The van der Waals surface area contributed by atoms with Crippen LogP contribution >= 0.6 is 0 Å². The molecular weight excluding hydrogens is 461 g/mol. The highest BCUT2D eigenvalue weighted by molar-refractivity contribution is 5.80. The van der Waals surface area contributed by atoms with E-state index >= 15 is 0 Å². The van der Waals surface area contributed by atoms with Crippen LogP contribution in [0.25, 0.3) is 5.69 Å². The van der Waals surface area contributed by atoms with Crippen molar-refractivity contribution < 1.29 is 13.9 Å². The third-order valence-corrected chi connectivity index (χ3v) is 7.81. The predicted molar refractivity (Wildman–Crippen MR) is 127 cm³/mol. The van der Waals surface area contributed by atoms with Crippen LogP contribution in [-0.4, -0.2) is 74.7 Å². The first kappa shape index (κ1) is 22.8. The number of aromatic nitrogens is 4. The summed E-state index contributed by atoms with van der Waals surface area (Å²) in [7, 11) is 0. The van der Waals surface area contributed by atoms with Crippen molar-refractivity contribution in [2.24, 2.45) is 5.92 Å². The number of nitriles is 1. The first-order valence-electron chi connectivity index (χ1n) is 12.2. The number of ether oxygens (including phenoxy) is 1. The zero-order valence-electron chi connectivity index (χ0n) is 20.0. The van der Waals surface area contributed by atoms with Crippen molar-refractivity contribution in [2.45, 2.75) is 31.9 Å². The Balaban J connectivity index is 1.09. The van der Waals surface area contributed by atoms with E-state index in [4.69, 9.17) is 4.74 Å². The van der Waals surface area contributed by atoms with Crippen molar-refractivity contribution in [3.05, 3.63) is 70.3 Å². The summed E-state index contributed by atoms with van der Waals surface area (Å²) < 4.78 is 21.8. The molecule has 2 aliphatic heterocycles. The van der Waals surface area contributed by atoms with Gasteiger partial charge >= 0.3 is 0 Å². The van der Waals surface area contributed by atoms with E-state index in [0.717, 1.165) is 30.6 Å². The number of amides is 1. The molecule has 1 aromatic heterocycles. The molecule has 0 spiro atoms. The first-order valence-corrected chi connectivity index (χ1v) is 12.2. The highest BCUT2D eigenvalue weighted by atomic mass is 19.1. The molecule has 1 amide bonds. The number of carbonyl (C=O) groups is 1. The molecule has 6 rings (SSSR count). The molecule has 0 bridgehead atoms. The Morgan fingerprint density at radius 3 is 2.83 bits per heavy atom. The van der Waals surface area contributed by atoms with Gasteiger partial charge in [-0.3, -0.25) is 9.69 Å². The number of tetrazole rings is 1. The Bertz CT molecular complexity index is 1350. The monoisotopic (exact) mass is 487 g/mol. The van der Waals surface area contributed by atoms with E-state index in [1.165, 1.54) is 17.2 Å². The standard InChI is InChI=1S/C26H26FN7O2/c1-16-22(4-5-24(27)23(16)11-28)25-13-32-6-7-33(12-21(32)14-36-25)26(35)19-8-17-2-3-20(10-18(17)9-19)34-15-29-30-31-34/h2-5,10,15,19,21,25H,6-9,12-14H2,1H3. The van der Waals surface area contributed by atoms with Crippen LogP contribution < -0.4 is 0 Å². The lowest BCUT2D eigenvalue weighted by Gasteiger charge is -2.46. The Morgan fingerprint density at radius 2 is 2.03 bits per heavy atom. The van der Waals surface area contributed by atoms with Gasteiger partial charge in [-0.15, -0.1) is 5.10 Å². The lowest BCUT2D eigenvalue weighted by Crippen LogP contribution is -2.60. The summed E-state index contributed by atoms with van der Waals surface area (Å²) in [5.41, 5.74) is 4.85. The number of benzene rings is 2. The minimum absolute atomic E-state index is 0.0563. The first-order chi connectivity index (χ1) is 17.5. The van der Waals surface area contributed by atoms with Crippen LogP contribution in [0.2, 0.25) is 0 Å². The van der Waals surface area contributed by atoms with E-state index in [1.54, 1.807) is 24.0 Å². The van der Waals surface area contributed by atoms with Gasteiger partial charge in [-0.05, 0) is 70.6 Å². The molecule has 3 aromatic rings. The van der Waals surface area contributed by atoms with Crippen molar-refractivity contribution >= 4 is 5.91 Å². The molecule has 184 valence electrons. The fraction of sp³-hybridized carbons (Fsp3) is 0.423. The van der Waals surface area contributed by atoms with Gasteiger partial charge in [0.15, 0.2) is 0 Å². The largest absolute Gasteiger partial charge is 0.370 e. The highest BCUT2D eigenvalue weighted by Gasteiger charge is 2.39. The van der Waals surface area contributed by atoms with E-state index in [9.17, 15) is 14.4 Å². The van der Waals surface area contributed by atoms with E-state index in [0.29, 0.717) is 31.8 Å². The van der Waals surface area contributed by atoms with E-state index < -0.39 is 5.82 Å². The van der Waals surface area contributed by atoms with Crippen LogP contribution in [0.5, 0.6) is 0 Å². The van der Waals surface area contributed by atoms with E-state index in [2.05, 4.69) is 32.6 Å².